The number of hydrogen-bond donors (Lipinski definition) is 2. The number of halogens is 3. The predicted molar refractivity (Wildman–Crippen MR) is 126 cm³/mol. The molecule has 4 rings (SSSR count). The quantitative estimate of drug-likeness (QED) is 0.474. The minimum atomic E-state index is -4.39. The molecule has 0 radical (unpaired) electrons. The highest BCUT2D eigenvalue weighted by atomic mass is 32.2. The summed E-state index contributed by atoms with van der Waals surface area (Å²) >= 11 is -0.229. The highest BCUT2D eigenvalue weighted by molar-refractivity contribution is 8.00. The summed E-state index contributed by atoms with van der Waals surface area (Å²) in [6.07, 6.45) is 5.25. The third kappa shape index (κ3) is 6.09. The van der Waals surface area contributed by atoms with Crippen molar-refractivity contribution in [3.8, 4) is 17.2 Å². The number of carbonyl (C=O) groups is 1. The van der Waals surface area contributed by atoms with Gasteiger partial charge >= 0.3 is 5.51 Å². The van der Waals surface area contributed by atoms with Gasteiger partial charge < -0.3 is 15.3 Å². The van der Waals surface area contributed by atoms with Gasteiger partial charge in [0, 0.05) is 65.9 Å². The molecule has 0 bridgehead atoms. The number of anilines is 2. The highest BCUT2D eigenvalue weighted by Crippen LogP contribution is 2.37. The predicted octanol–water partition coefficient (Wildman–Crippen LogP) is 4.70. The molecule has 3 aromatic rings. The summed E-state index contributed by atoms with van der Waals surface area (Å²) in [5, 5.41) is 21.5. The molecule has 7 nitrogen and oxygen atoms in total. The van der Waals surface area contributed by atoms with Crippen molar-refractivity contribution in [1.82, 2.24) is 9.97 Å². The van der Waals surface area contributed by atoms with Gasteiger partial charge in [0.2, 0.25) is 0 Å². The lowest BCUT2D eigenvalue weighted by Crippen LogP contribution is -2.23. The maximum atomic E-state index is 12.9. The molecule has 11 heteroatoms. The van der Waals surface area contributed by atoms with E-state index in [0.29, 0.717) is 41.3 Å². The van der Waals surface area contributed by atoms with Gasteiger partial charge in [0.1, 0.15) is 11.9 Å². The van der Waals surface area contributed by atoms with E-state index in [9.17, 15) is 28.3 Å². The maximum absolute atomic E-state index is 12.9. The van der Waals surface area contributed by atoms with Crippen molar-refractivity contribution < 1.29 is 23.1 Å². The molecule has 2 N–H and O–H groups in total. The van der Waals surface area contributed by atoms with Crippen molar-refractivity contribution in [2.24, 2.45) is 5.92 Å². The van der Waals surface area contributed by atoms with Crippen LogP contribution in [0, 0.1) is 17.2 Å². The standard InChI is InChI=1S/C24H20F3N5O2S/c25-24(26,27)35-20-3-1-19(2-4-20)31-23(34)18-8-21(17-7-16(9-28)10-29-11-17)22(30-12-18)32-6-5-15(13-32)14-33/h1-4,7-8,10-12,15,33H,5-6,13-14H2,(H,31,34). The summed E-state index contributed by atoms with van der Waals surface area (Å²) in [6.45, 7) is 1.36. The molecule has 0 spiro atoms. The monoisotopic (exact) mass is 499 g/mol. The summed E-state index contributed by atoms with van der Waals surface area (Å²) in [5.74, 6) is 0.248. The molecule has 1 amide bonds. The molecule has 180 valence electrons. The number of carbonyl (C=O) groups excluding carboxylic acids is 1. The first-order valence-corrected chi connectivity index (χ1v) is 11.5. The molecular formula is C24H20F3N5O2S. The van der Waals surface area contributed by atoms with Crippen molar-refractivity contribution >= 4 is 29.2 Å². The van der Waals surface area contributed by atoms with Crippen LogP contribution < -0.4 is 10.2 Å². The molecular weight excluding hydrogens is 479 g/mol. The number of aliphatic hydroxyl groups is 1. The minimum Gasteiger partial charge on any atom is -0.396 e. The van der Waals surface area contributed by atoms with E-state index in [-0.39, 0.29) is 34.7 Å². The molecule has 1 aliphatic rings. The number of benzene rings is 1. The summed E-state index contributed by atoms with van der Waals surface area (Å²) in [6, 6.07) is 10.7. The van der Waals surface area contributed by atoms with E-state index in [2.05, 4.69) is 15.3 Å². The fourth-order valence-electron chi connectivity index (χ4n) is 3.81. The number of nitrogens with one attached hydrogen (secondary N) is 1. The van der Waals surface area contributed by atoms with Crippen LogP contribution >= 0.6 is 11.8 Å². The lowest BCUT2D eigenvalue weighted by Gasteiger charge is -2.21. The number of pyridine rings is 2. The molecule has 35 heavy (non-hydrogen) atoms. The molecule has 1 saturated heterocycles. The third-order valence-electron chi connectivity index (χ3n) is 5.50. The van der Waals surface area contributed by atoms with E-state index < -0.39 is 11.4 Å². The van der Waals surface area contributed by atoms with Gasteiger partial charge in [-0.2, -0.15) is 18.4 Å². The van der Waals surface area contributed by atoms with E-state index in [1.54, 1.807) is 18.3 Å². The van der Waals surface area contributed by atoms with Gasteiger partial charge in [0.05, 0.1) is 11.1 Å². The summed E-state index contributed by atoms with van der Waals surface area (Å²) in [5.41, 5.74) is -2.24. The Morgan fingerprint density at radius 1 is 1.23 bits per heavy atom. The van der Waals surface area contributed by atoms with Crippen molar-refractivity contribution in [2.75, 3.05) is 29.9 Å². The topological polar surface area (TPSA) is 102 Å². The second-order valence-electron chi connectivity index (χ2n) is 7.98. The number of nitrogens with zero attached hydrogens (tertiary/aromatic N) is 4. The van der Waals surface area contributed by atoms with E-state index in [1.807, 2.05) is 11.0 Å². The van der Waals surface area contributed by atoms with Crippen LogP contribution in [0.5, 0.6) is 0 Å². The molecule has 0 aliphatic carbocycles. The zero-order valence-electron chi connectivity index (χ0n) is 18.3. The Hall–Kier alpha value is -3.62. The van der Waals surface area contributed by atoms with Gasteiger partial charge in [-0.05, 0) is 54.6 Å². The van der Waals surface area contributed by atoms with Crippen LogP contribution in [0.2, 0.25) is 0 Å². The van der Waals surface area contributed by atoms with E-state index in [4.69, 9.17) is 0 Å². The molecule has 1 aromatic carbocycles. The average Bonchev–Trinajstić information content (AvgIpc) is 3.33. The fraction of sp³-hybridized carbons (Fsp3) is 0.250. The number of nitriles is 1. The number of aromatic nitrogens is 2. The molecule has 1 unspecified atom stereocenters. The van der Waals surface area contributed by atoms with Crippen LogP contribution in [-0.2, 0) is 0 Å². The smallest absolute Gasteiger partial charge is 0.396 e. The number of amides is 1. The van der Waals surface area contributed by atoms with Crippen LogP contribution in [0.25, 0.3) is 11.1 Å². The summed E-state index contributed by atoms with van der Waals surface area (Å²) < 4.78 is 37.6. The highest BCUT2D eigenvalue weighted by Gasteiger charge is 2.29. The first-order chi connectivity index (χ1) is 16.8. The molecule has 2 aromatic heterocycles. The lowest BCUT2D eigenvalue weighted by molar-refractivity contribution is -0.0328. The van der Waals surface area contributed by atoms with Gasteiger partial charge in [-0.15, -0.1) is 0 Å². The van der Waals surface area contributed by atoms with E-state index in [0.717, 1.165) is 6.42 Å². The number of aliphatic hydroxyl groups excluding tert-OH is 1. The fourth-order valence-corrected chi connectivity index (χ4v) is 4.35. The van der Waals surface area contributed by atoms with Crippen molar-refractivity contribution in [1.29, 1.82) is 5.26 Å². The van der Waals surface area contributed by atoms with Crippen LogP contribution in [0.1, 0.15) is 22.3 Å². The lowest BCUT2D eigenvalue weighted by atomic mass is 10.0. The number of rotatable bonds is 6. The zero-order valence-corrected chi connectivity index (χ0v) is 19.1. The van der Waals surface area contributed by atoms with Crippen LogP contribution in [0.3, 0.4) is 0 Å². The second-order valence-corrected chi connectivity index (χ2v) is 9.12. The van der Waals surface area contributed by atoms with E-state index >= 15 is 0 Å². The first kappa shape index (κ1) is 24.5. The Labute approximate surface area is 203 Å². The average molecular weight is 500 g/mol. The third-order valence-corrected chi connectivity index (χ3v) is 6.24. The van der Waals surface area contributed by atoms with E-state index in [1.165, 1.54) is 36.7 Å². The summed E-state index contributed by atoms with van der Waals surface area (Å²) in [7, 11) is 0. The second kappa shape index (κ2) is 10.3. The van der Waals surface area contributed by atoms with Gasteiger partial charge in [-0.3, -0.25) is 9.78 Å². The first-order valence-electron chi connectivity index (χ1n) is 10.6. The molecule has 0 saturated carbocycles. The SMILES string of the molecule is N#Cc1cncc(-c2cc(C(=O)Nc3ccc(SC(F)(F)F)cc3)cnc2N2CCC(CO)C2)c1. The van der Waals surface area contributed by atoms with Crippen molar-refractivity contribution in [2.45, 2.75) is 16.8 Å². The Balaban J connectivity index is 1.62. The molecule has 3 heterocycles. The van der Waals surface area contributed by atoms with Gasteiger partial charge in [-0.1, -0.05) is 0 Å². The number of thioether (sulfide) groups is 1. The Morgan fingerprint density at radius 2 is 2.00 bits per heavy atom. The van der Waals surface area contributed by atoms with Crippen LogP contribution in [0.4, 0.5) is 24.7 Å². The Bertz CT molecular complexity index is 1260. The molecule has 1 fully saturated rings. The number of hydrogen-bond acceptors (Lipinski definition) is 7. The Kier molecular flexibility index (Phi) is 7.23. The zero-order chi connectivity index (χ0) is 25.0. The minimum absolute atomic E-state index is 0.0143. The largest absolute Gasteiger partial charge is 0.446 e. The van der Waals surface area contributed by atoms with Crippen LogP contribution in [0.15, 0.2) is 59.9 Å². The van der Waals surface area contributed by atoms with Gasteiger partial charge in [0.15, 0.2) is 0 Å². The number of alkyl halides is 3. The Morgan fingerprint density at radius 3 is 2.66 bits per heavy atom. The van der Waals surface area contributed by atoms with Crippen molar-refractivity contribution in [3.63, 3.8) is 0 Å². The van der Waals surface area contributed by atoms with Crippen LogP contribution in [-0.4, -0.2) is 46.2 Å². The van der Waals surface area contributed by atoms with Gasteiger partial charge in [0.25, 0.3) is 5.91 Å². The maximum Gasteiger partial charge on any atom is 0.446 e. The summed E-state index contributed by atoms with van der Waals surface area (Å²) in [4.78, 5) is 23.6. The normalized spacial score (nSPS) is 15.6. The van der Waals surface area contributed by atoms with Gasteiger partial charge in [-0.25, -0.2) is 4.98 Å². The molecule has 1 aliphatic heterocycles. The molecule has 1 atom stereocenters. The van der Waals surface area contributed by atoms with Crippen molar-refractivity contribution in [3.05, 3.63) is 66.1 Å².